The van der Waals surface area contributed by atoms with Crippen molar-refractivity contribution in [3.63, 3.8) is 0 Å². The van der Waals surface area contributed by atoms with Crippen LogP contribution in [0.2, 0.25) is 0 Å². The standard InChI is InChI=1S/C16H22F3N3O2/c1-15(2,17)8-24-14(23)20-13-11(9-4-5-9)12(21-22(13)3)10-6-16(18,19)7-10/h9-10H,4-8H2,1-3H3,(H,20,23). The number of halogens is 3. The van der Waals surface area contributed by atoms with Crippen molar-refractivity contribution in [2.75, 3.05) is 11.9 Å². The summed E-state index contributed by atoms with van der Waals surface area (Å²) in [6.45, 7) is 2.26. The fourth-order valence-electron chi connectivity index (χ4n) is 3.01. The number of anilines is 1. The molecule has 0 aliphatic heterocycles. The number of hydrogen-bond acceptors (Lipinski definition) is 3. The molecular formula is C16H22F3N3O2. The van der Waals surface area contributed by atoms with Gasteiger partial charge < -0.3 is 4.74 Å². The Balaban J connectivity index is 1.76. The van der Waals surface area contributed by atoms with Crippen LogP contribution in [0.25, 0.3) is 0 Å². The van der Waals surface area contributed by atoms with Crippen LogP contribution in [0.3, 0.4) is 0 Å². The Morgan fingerprint density at radius 3 is 2.50 bits per heavy atom. The lowest BCUT2D eigenvalue weighted by atomic mass is 9.77. The minimum atomic E-state index is -2.62. The molecular weight excluding hydrogens is 323 g/mol. The van der Waals surface area contributed by atoms with Gasteiger partial charge in [-0.2, -0.15) is 5.10 Å². The van der Waals surface area contributed by atoms with E-state index in [1.165, 1.54) is 18.5 Å². The fraction of sp³-hybridized carbons (Fsp3) is 0.750. The number of aryl methyl sites for hydroxylation is 1. The van der Waals surface area contributed by atoms with Crippen LogP contribution < -0.4 is 5.32 Å². The summed E-state index contributed by atoms with van der Waals surface area (Å²) in [4.78, 5) is 11.9. The van der Waals surface area contributed by atoms with E-state index in [2.05, 4.69) is 10.4 Å². The van der Waals surface area contributed by atoms with Crippen molar-refractivity contribution in [3.05, 3.63) is 11.3 Å². The number of alkyl halides is 3. The third kappa shape index (κ3) is 3.67. The van der Waals surface area contributed by atoms with E-state index in [1.54, 1.807) is 7.05 Å². The average molecular weight is 345 g/mol. The molecule has 8 heteroatoms. The third-order valence-corrected chi connectivity index (χ3v) is 4.34. The van der Waals surface area contributed by atoms with Crippen LogP contribution in [0.15, 0.2) is 0 Å². The minimum Gasteiger partial charge on any atom is -0.446 e. The zero-order chi connectivity index (χ0) is 17.7. The normalized spacial score (nSPS) is 20.6. The van der Waals surface area contributed by atoms with Crippen LogP contribution in [-0.2, 0) is 11.8 Å². The Labute approximate surface area is 138 Å². The molecule has 1 N–H and O–H groups in total. The van der Waals surface area contributed by atoms with E-state index < -0.39 is 17.7 Å². The number of amides is 1. The second kappa shape index (κ2) is 5.67. The molecule has 0 aromatic carbocycles. The van der Waals surface area contributed by atoms with Crippen molar-refractivity contribution >= 4 is 11.9 Å². The molecule has 0 bridgehead atoms. The molecule has 134 valence electrons. The molecule has 1 aromatic rings. The monoisotopic (exact) mass is 345 g/mol. The smallest absolute Gasteiger partial charge is 0.412 e. The molecule has 0 radical (unpaired) electrons. The number of carbonyl (C=O) groups excluding carboxylic acids is 1. The van der Waals surface area contributed by atoms with Crippen LogP contribution in [0.4, 0.5) is 23.8 Å². The summed E-state index contributed by atoms with van der Waals surface area (Å²) >= 11 is 0. The maximum Gasteiger partial charge on any atom is 0.412 e. The number of ether oxygens (including phenoxy) is 1. The third-order valence-electron chi connectivity index (χ3n) is 4.34. The molecule has 1 heterocycles. The van der Waals surface area contributed by atoms with Crippen molar-refractivity contribution in [2.45, 2.75) is 63.0 Å². The molecule has 3 rings (SSSR count). The van der Waals surface area contributed by atoms with E-state index in [0.717, 1.165) is 18.4 Å². The Bertz CT molecular complexity index is 640. The van der Waals surface area contributed by atoms with Crippen molar-refractivity contribution in [1.29, 1.82) is 0 Å². The molecule has 0 saturated heterocycles. The van der Waals surface area contributed by atoms with E-state index in [1.807, 2.05) is 0 Å². The number of nitrogens with zero attached hydrogens (tertiary/aromatic N) is 2. The Morgan fingerprint density at radius 1 is 1.38 bits per heavy atom. The quantitative estimate of drug-likeness (QED) is 0.874. The predicted octanol–water partition coefficient (Wildman–Crippen LogP) is 4.11. The van der Waals surface area contributed by atoms with Gasteiger partial charge in [-0.25, -0.2) is 18.0 Å². The highest BCUT2D eigenvalue weighted by Crippen LogP contribution is 2.53. The van der Waals surface area contributed by atoms with E-state index in [-0.39, 0.29) is 31.3 Å². The van der Waals surface area contributed by atoms with Gasteiger partial charge in [-0.3, -0.25) is 10.00 Å². The van der Waals surface area contributed by atoms with Gasteiger partial charge in [0, 0.05) is 31.4 Å². The zero-order valence-electron chi connectivity index (χ0n) is 14.0. The van der Waals surface area contributed by atoms with Gasteiger partial charge in [0.15, 0.2) is 0 Å². The number of carbonyl (C=O) groups is 1. The summed E-state index contributed by atoms with van der Waals surface area (Å²) in [5.74, 6) is -2.21. The summed E-state index contributed by atoms with van der Waals surface area (Å²) in [6, 6.07) is 0. The SMILES string of the molecule is Cn1nc(C2CC(F)(F)C2)c(C2CC2)c1NC(=O)OCC(C)(C)F. The highest BCUT2D eigenvalue weighted by Gasteiger charge is 2.49. The van der Waals surface area contributed by atoms with Crippen LogP contribution in [0.5, 0.6) is 0 Å². The first-order valence-electron chi connectivity index (χ1n) is 8.13. The maximum absolute atomic E-state index is 13.4. The van der Waals surface area contributed by atoms with Crippen LogP contribution >= 0.6 is 0 Å². The molecule has 2 aliphatic carbocycles. The summed E-state index contributed by atoms with van der Waals surface area (Å²) in [5, 5.41) is 6.96. The van der Waals surface area contributed by atoms with Gasteiger partial charge >= 0.3 is 6.09 Å². The Morgan fingerprint density at radius 2 is 2.00 bits per heavy atom. The van der Waals surface area contributed by atoms with Gasteiger partial charge in [0.05, 0.1) is 5.69 Å². The van der Waals surface area contributed by atoms with Gasteiger partial charge in [-0.05, 0) is 32.6 Å². The lowest BCUT2D eigenvalue weighted by Gasteiger charge is -2.34. The van der Waals surface area contributed by atoms with Gasteiger partial charge in [0.1, 0.15) is 18.1 Å². The van der Waals surface area contributed by atoms with Gasteiger partial charge in [-0.1, -0.05) is 0 Å². The molecule has 1 aromatic heterocycles. The van der Waals surface area contributed by atoms with Crippen molar-refractivity contribution in [2.24, 2.45) is 7.05 Å². The number of aromatic nitrogens is 2. The van der Waals surface area contributed by atoms with E-state index in [4.69, 9.17) is 4.74 Å². The molecule has 0 atom stereocenters. The second-order valence-electron chi connectivity index (χ2n) is 7.43. The predicted molar refractivity (Wildman–Crippen MR) is 82.3 cm³/mol. The van der Waals surface area contributed by atoms with Crippen molar-refractivity contribution in [1.82, 2.24) is 9.78 Å². The molecule has 2 saturated carbocycles. The van der Waals surface area contributed by atoms with Crippen LogP contribution in [0.1, 0.15) is 62.6 Å². The number of rotatable bonds is 5. The van der Waals surface area contributed by atoms with Crippen LogP contribution in [-0.4, -0.2) is 34.1 Å². The number of hydrogen-bond donors (Lipinski definition) is 1. The van der Waals surface area contributed by atoms with Gasteiger partial charge in [0.2, 0.25) is 5.92 Å². The fourth-order valence-corrected chi connectivity index (χ4v) is 3.01. The lowest BCUT2D eigenvalue weighted by Crippen LogP contribution is -2.34. The van der Waals surface area contributed by atoms with Crippen LogP contribution in [0, 0.1) is 0 Å². The molecule has 2 aliphatic rings. The molecule has 24 heavy (non-hydrogen) atoms. The lowest BCUT2D eigenvalue weighted by molar-refractivity contribution is -0.0878. The molecule has 5 nitrogen and oxygen atoms in total. The summed E-state index contributed by atoms with van der Waals surface area (Å²) in [7, 11) is 1.65. The van der Waals surface area contributed by atoms with E-state index >= 15 is 0 Å². The summed E-state index contributed by atoms with van der Waals surface area (Å²) in [5.41, 5.74) is -0.146. The molecule has 0 spiro atoms. The largest absolute Gasteiger partial charge is 0.446 e. The average Bonchev–Trinajstić information content (AvgIpc) is 3.19. The molecule has 1 amide bonds. The Hall–Kier alpha value is -1.73. The first-order chi connectivity index (χ1) is 11.1. The van der Waals surface area contributed by atoms with E-state index in [9.17, 15) is 18.0 Å². The summed E-state index contributed by atoms with van der Waals surface area (Å²) < 4.78 is 46.2. The molecule has 2 fully saturated rings. The van der Waals surface area contributed by atoms with Gasteiger partial charge in [-0.15, -0.1) is 0 Å². The van der Waals surface area contributed by atoms with E-state index in [0.29, 0.717) is 11.5 Å². The Kier molecular flexibility index (Phi) is 4.04. The summed E-state index contributed by atoms with van der Waals surface area (Å²) in [6.07, 6.45) is 0.718. The topological polar surface area (TPSA) is 56.2 Å². The highest BCUT2D eigenvalue weighted by atomic mass is 19.3. The first kappa shape index (κ1) is 17.1. The highest BCUT2D eigenvalue weighted by molar-refractivity contribution is 5.85. The zero-order valence-corrected chi connectivity index (χ0v) is 14.0. The van der Waals surface area contributed by atoms with Crippen molar-refractivity contribution < 1.29 is 22.7 Å². The second-order valence-corrected chi connectivity index (χ2v) is 7.43. The minimum absolute atomic E-state index is 0.205. The number of nitrogens with one attached hydrogen (secondary N) is 1. The van der Waals surface area contributed by atoms with Gasteiger partial charge in [0.25, 0.3) is 0 Å². The maximum atomic E-state index is 13.4. The molecule has 0 unspecified atom stereocenters. The van der Waals surface area contributed by atoms with Crippen molar-refractivity contribution in [3.8, 4) is 0 Å². The first-order valence-corrected chi connectivity index (χ1v) is 8.13.